The van der Waals surface area contributed by atoms with Crippen molar-refractivity contribution in [3.63, 3.8) is 0 Å². The van der Waals surface area contributed by atoms with Crippen LogP contribution in [0.25, 0.3) is 0 Å². The predicted octanol–water partition coefficient (Wildman–Crippen LogP) is 3.68. The van der Waals surface area contributed by atoms with Gasteiger partial charge in [0.15, 0.2) is 0 Å². The molecule has 4 aliphatic rings. The maximum atomic E-state index is 13.0. The summed E-state index contributed by atoms with van der Waals surface area (Å²) in [7, 11) is 0. The number of amides is 2. The Morgan fingerprint density at radius 1 is 1.15 bits per heavy atom. The van der Waals surface area contributed by atoms with Crippen LogP contribution in [0.15, 0.2) is 24.3 Å². The number of carbonyl (C=O) groups excluding carboxylic acids is 2. The number of hydrogen-bond acceptors (Lipinski definition) is 2. The Kier molecular flexibility index (Phi) is 4.72. The third-order valence-corrected chi connectivity index (χ3v) is 6.85. The third-order valence-electron chi connectivity index (χ3n) is 6.62. The number of halogens is 1. The Hall–Kier alpha value is -1.55. The molecule has 4 nitrogen and oxygen atoms in total. The molecule has 0 aliphatic heterocycles. The molecule has 0 saturated heterocycles. The fraction of sp³-hybridized carbons (Fsp3) is 0.619. The SMILES string of the molecule is C[C@H](NC(=O)C12CC3CC(CC(C3)C1)C2)C(=O)NCc1cccc(Cl)c1. The van der Waals surface area contributed by atoms with E-state index in [9.17, 15) is 9.59 Å². The van der Waals surface area contributed by atoms with Crippen LogP contribution in [0, 0.1) is 23.2 Å². The van der Waals surface area contributed by atoms with Crippen LogP contribution in [0.3, 0.4) is 0 Å². The van der Waals surface area contributed by atoms with Crippen LogP contribution in [0.4, 0.5) is 0 Å². The number of hydrogen-bond donors (Lipinski definition) is 2. The van der Waals surface area contributed by atoms with Gasteiger partial charge in [0.2, 0.25) is 11.8 Å². The molecule has 4 fully saturated rings. The van der Waals surface area contributed by atoms with E-state index in [2.05, 4.69) is 10.6 Å². The van der Waals surface area contributed by atoms with Gasteiger partial charge in [0.1, 0.15) is 6.04 Å². The van der Waals surface area contributed by atoms with Crippen LogP contribution in [-0.4, -0.2) is 17.9 Å². The van der Waals surface area contributed by atoms with E-state index < -0.39 is 6.04 Å². The van der Waals surface area contributed by atoms with Crippen LogP contribution in [-0.2, 0) is 16.1 Å². The van der Waals surface area contributed by atoms with Gasteiger partial charge in [-0.1, -0.05) is 23.7 Å². The van der Waals surface area contributed by atoms with E-state index in [0.29, 0.717) is 11.6 Å². The zero-order valence-electron chi connectivity index (χ0n) is 15.3. The first kappa shape index (κ1) is 17.8. The second-order valence-corrected chi connectivity index (χ2v) is 9.18. The minimum atomic E-state index is -0.519. The van der Waals surface area contributed by atoms with Gasteiger partial charge in [0.25, 0.3) is 0 Å². The van der Waals surface area contributed by atoms with Crippen molar-refractivity contribution in [2.24, 2.45) is 23.2 Å². The predicted molar refractivity (Wildman–Crippen MR) is 102 cm³/mol. The molecule has 0 spiro atoms. The highest BCUT2D eigenvalue weighted by Crippen LogP contribution is 2.60. The minimum Gasteiger partial charge on any atom is -0.350 e. The lowest BCUT2D eigenvalue weighted by Gasteiger charge is -2.55. The van der Waals surface area contributed by atoms with Crippen molar-refractivity contribution >= 4 is 23.4 Å². The van der Waals surface area contributed by atoms with Crippen LogP contribution >= 0.6 is 11.6 Å². The van der Waals surface area contributed by atoms with Gasteiger partial charge in [-0.25, -0.2) is 0 Å². The summed E-state index contributed by atoms with van der Waals surface area (Å²) in [5, 5.41) is 6.55. The molecule has 4 aliphatic carbocycles. The molecule has 2 amide bonds. The first-order chi connectivity index (χ1) is 12.4. The summed E-state index contributed by atoms with van der Waals surface area (Å²) in [6.45, 7) is 2.18. The summed E-state index contributed by atoms with van der Waals surface area (Å²) in [5.74, 6) is 2.11. The molecule has 0 radical (unpaired) electrons. The molecule has 26 heavy (non-hydrogen) atoms. The molecule has 5 rings (SSSR count). The molecule has 4 saturated carbocycles. The molecule has 0 aromatic heterocycles. The summed E-state index contributed by atoms with van der Waals surface area (Å²) in [6, 6.07) is 6.91. The molecule has 140 valence electrons. The van der Waals surface area contributed by atoms with Gasteiger partial charge in [0, 0.05) is 17.0 Å². The van der Waals surface area contributed by atoms with Gasteiger partial charge in [-0.15, -0.1) is 0 Å². The van der Waals surface area contributed by atoms with E-state index in [4.69, 9.17) is 11.6 Å². The molecule has 1 aromatic rings. The van der Waals surface area contributed by atoms with Gasteiger partial charge in [-0.2, -0.15) is 0 Å². The summed E-state index contributed by atoms with van der Waals surface area (Å²) in [4.78, 5) is 25.4. The summed E-state index contributed by atoms with van der Waals surface area (Å²) >= 11 is 5.97. The highest BCUT2D eigenvalue weighted by atomic mass is 35.5. The first-order valence-electron chi connectivity index (χ1n) is 9.77. The fourth-order valence-corrected chi connectivity index (χ4v) is 6.01. The van der Waals surface area contributed by atoms with E-state index in [1.54, 1.807) is 13.0 Å². The zero-order valence-corrected chi connectivity index (χ0v) is 16.0. The number of rotatable bonds is 5. The molecular weight excluding hydrogens is 348 g/mol. The van der Waals surface area contributed by atoms with E-state index in [1.807, 2.05) is 18.2 Å². The lowest BCUT2D eigenvalue weighted by molar-refractivity contribution is -0.148. The number of benzene rings is 1. The lowest BCUT2D eigenvalue weighted by atomic mass is 9.49. The van der Waals surface area contributed by atoms with Crippen molar-refractivity contribution in [2.75, 3.05) is 0 Å². The van der Waals surface area contributed by atoms with E-state index in [1.165, 1.54) is 19.3 Å². The Labute approximate surface area is 160 Å². The maximum absolute atomic E-state index is 13.0. The smallest absolute Gasteiger partial charge is 0.242 e. The van der Waals surface area contributed by atoms with Crippen LogP contribution in [0.5, 0.6) is 0 Å². The van der Waals surface area contributed by atoms with Crippen LogP contribution < -0.4 is 10.6 Å². The monoisotopic (exact) mass is 374 g/mol. The molecule has 0 heterocycles. The summed E-state index contributed by atoms with van der Waals surface area (Å²) in [5.41, 5.74) is 0.737. The molecular formula is C21H27ClN2O2. The van der Waals surface area contributed by atoms with Gasteiger partial charge in [-0.3, -0.25) is 9.59 Å². The maximum Gasteiger partial charge on any atom is 0.242 e. The summed E-state index contributed by atoms with van der Waals surface area (Å²) in [6.07, 6.45) is 6.97. The fourth-order valence-electron chi connectivity index (χ4n) is 5.79. The lowest BCUT2D eigenvalue weighted by Crippen LogP contribution is -2.56. The standard InChI is InChI=1S/C21H27ClN2O2/c1-13(19(25)23-12-14-3-2-4-18(22)8-14)24-20(26)21-9-15-5-16(10-21)7-17(6-15)11-21/h2-4,8,13,15-17H,5-7,9-12H2,1H3,(H,23,25)(H,24,26)/t13-,15?,16?,17?,21?/m0/s1. The third kappa shape index (κ3) is 3.48. The second kappa shape index (κ2) is 6.88. The highest BCUT2D eigenvalue weighted by molar-refractivity contribution is 6.30. The Morgan fingerprint density at radius 2 is 1.77 bits per heavy atom. The van der Waals surface area contributed by atoms with Crippen molar-refractivity contribution in [3.05, 3.63) is 34.9 Å². The molecule has 5 heteroatoms. The molecule has 4 bridgehead atoms. The van der Waals surface area contributed by atoms with Crippen LogP contribution in [0.2, 0.25) is 5.02 Å². The van der Waals surface area contributed by atoms with E-state index in [0.717, 1.165) is 42.6 Å². The topological polar surface area (TPSA) is 58.2 Å². The normalized spacial score (nSPS) is 32.9. The van der Waals surface area contributed by atoms with Crippen molar-refractivity contribution in [2.45, 2.75) is 58.0 Å². The van der Waals surface area contributed by atoms with Crippen molar-refractivity contribution in [1.29, 1.82) is 0 Å². The van der Waals surface area contributed by atoms with Gasteiger partial charge >= 0.3 is 0 Å². The number of carbonyl (C=O) groups is 2. The average Bonchev–Trinajstić information content (AvgIpc) is 2.58. The second-order valence-electron chi connectivity index (χ2n) is 8.74. The zero-order chi connectivity index (χ0) is 18.3. The number of nitrogens with one attached hydrogen (secondary N) is 2. The summed E-state index contributed by atoms with van der Waals surface area (Å²) < 4.78 is 0. The molecule has 1 atom stereocenters. The van der Waals surface area contributed by atoms with Gasteiger partial charge in [0.05, 0.1) is 0 Å². The van der Waals surface area contributed by atoms with Crippen molar-refractivity contribution < 1.29 is 9.59 Å². The first-order valence-corrected chi connectivity index (χ1v) is 10.1. The highest BCUT2D eigenvalue weighted by Gasteiger charge is 2.54. The van der Waals surface area contributed by atoms with E-state index in [-0.39, 0.29) is 17.2 Å². The largest absolute Gasteiger partial charge is 0.350 e. The van der Waals surface area contributed by atoms with Gasteiger partial charge in [-0.05, 0) is 80.9 Å². The van der Waals surface area contributed by atoms with Crippen molar-refractivity contribution in [1.82, 2.24) is 10.6 Å². The molecule has 0 unspecified atom stereocenters. The molecule has 1 aromatic carbocycles. The van der Waals surface area contributed by atoms with E-state index >= 15 is 0 Å². The quantitative estimate of drug-likeness (QED) is 0.826. The minimum absolute atomic E-state index is 0.0991. The Morgan fingerprint density at radius 3 is 2.35 bits per heavy atom. The van der Waals surface area contributed by atoms with Crippen molar-refractivity contribution in [3.8, 4) is 0 Å². The molecule has 2 N–H and O–H groups in total. The Balaban J connectivity index is 1.33. The Bertz CT molecular complexity index is 682. The van der Waals surface area contributed by atoms with Gasteiger partial charge < -0.3 is 10.6 Å². The van der Waals surface area contributed by atoms with Crippen LogP contribution in [0.1, 0.15) is 51.0 Å². The average molecular weight is 375 g/mol.